The third-order valence-corrected chi connectivity index (χ3v) is 4.89. The number of rotatable bonds is 6. The first-order chi connectivity index (χ1) is 15.1. The van der Waals surface area contributed by atoms with Crippen molar-refractivity contribution < 1.29 is 43.9 Å². The van der Waals surface area contributed by atoms with E-state index in [0.29, 0.717) is 18.0 Å². The van der Waals surface area contributed by atoms with Crippen LogP contribution in [0.3, 0.4) is 0 Å². The summed E-state index contributed by atoms with van der Waals surface area (Å²) in [5.41, 5.74) is 0.894. The number of nitrogens with zero attached hydrogens (tertiary/aromatic N) is 2. The van der Waals surface area contributed by atoms with Gasteiger partial charge in [0.1, 0.15) is 0 Å². The summed E-state index contributed by atoms with van der Waals surface area (Å²) in [6.07, 6.45) is -11.9. The highest BCUT2D eigenvalue weighted by Crippen LogP contribution is 2.54. The maximum absolute atomic E-state index is 14.0. The van der Waals surface area contributed by atoms with Gasteiger partial charge in [-0.15, -0.1) is 5.10 Å². The van der Waals surface area contributed by atoms with E-state index >= 15 is 0 Å². The molecule has 0 aliphatic heterocycles. The van der Waals surface area contributed by atoms with Gasteiger partial charge in [0.25, 0.3) is 0 Å². The Morgan fingerprint density at radius 2 is 1.45 bits per heavy atom. The molecule has 0 saturated heterocycles. The van der Waals surface area contributed by atoms with Gasteiger partial charge in [-0.1, -0.05) is 48.2 Å². The molecule has 2 aromatic carbocycles. The lowest BCUT2D eigenvalue weighted by atomic mass is 9.94. The smallest absolute Gasteiger partial charge is 0.377 e. The minimum Gasteiger partial charge on any atom is -0.377 e. The standard InChI is InChI=1S/C19H13F10N3S/c20-16(21,18(25,26)19(27,28)29)14-8-12(6-7-13(14)17(22,23)24)9-31-32-15(30)33-10-11-4-2-1-3-5-11/h1-9H,10H2,(H2,30,32). The van der Waals surface area contributed by atoms with E-state index in [4.69, 9.17) is 5.73 Å². The van der Waals surface area contributed by atoms with Crippen LogP contribution >= 0.6 is 11.8 Å². The fourth-order valence-corrected chi connectivity index (χ4v) is 3.02. The second-order valence-corrected chi connectivity index (χ2v) is 7.40. The zero-order valence-corrected chi connectivity index (χ0v) is 16.9. The van der Waals surface area contributed by atoms with Gasteiger partial charge in [-0.3, -0.25) is 0 Å². The number of halogens is 10. The van der Waals surface area contributed by atoms with Gasteiger partial charge in [-0.25, -0.2) is 0 Å². The van der Waals surface area contributed by atoms with Gasteiger partial charge in [-0.05, 0) is 23.3 Å². The third-order valence-electron chi connectivity index (χ3n) is 4.03. The molecule has 2 rings (SSSR count). The second kappa shape index (κ2) is 9.61. The second-order valence-electron chi connectivity index (χ2n) is 6.41. The minimum absolute atomic E-state index is 0.0473. The van der Waals surface area contributed by atoms with E-state index < -0.39 is 40.9 Å². The van der Waals surface area contributed by atoms with Crippen LogP contribution in [0.25, 0.3) is 0 Å². The average Bonchev–Trinajstić information content (AvgIpc) is 2.71. The van der Waals surface area contributed by atoms with Crippen LogP contribution in [0.5, 0.6) is 0 Å². The largest absolute Gasteiger partial charge is 0.460 e. The molecular formula is C19H13F10N3S. The maximum atomic E-state index is 14.0. The average molecular weight is 505 g/mol. The van der Waals surface area contributed by atoms with Crippen molar-refractivity contribution in [2.45, 2.75) is 30.0 Å². The van der Waals surface area contributed by atoms with Gasteiger partial charge in [0.15, 0.2) is 5.17 Å². The first kappa shape index (κ1) is 26.5. The number of hydrogen-bond donors (Lipinski definition) is 1. The van der Waals surface area contributed by atoms with E-state index in [1.807, 2.05) is 0 Å². The molecule has 3 nitrogen and oxygen atoms in total. The Labute approximate surface area is 184 Å². The predicted octanol–water partition coefficient (Wildman–Crippen LogP) is 6.58. The molecule has 0 heterocycles. The Kier molecular flexibility index (Phi) is 7.71. The predicted molar refractivity (Wildman–Crippen MR) is 103 cm³/mol. The SMILES string of the molecule is NC(=NN=Cc1ccc(C(F)(F)F)c(C(F)(F)C(F)(F)C(F)(F)F)c1)SCc1ccccc1. The number of alkyl halides is 10. The summed E-state index contributed by atoms with van der Waals surface area (Å²) in [7, 11) is 0. The molecule has 0 fully saturated rings. The third kappa shape index (κ3) is 6.18. The Bertz CT molecular complexity index is 1010. The van der Waals surface area contributed by atoms with Crippen molar-refractivity contribution in [3.8, 4) is 0 Å². The highest BCUT2D eigenvalue weighted by Gasteiger charge is 2.74. The molecule has 0 aromatic heterocycles. The van der Waals surface area contributed by atoms with Crippen LogP contribution in [0.1, 0.15) is 22.3 Å². The van der Waals surface area contributed by atoms with E-state index in [9.17, 15) is 43.9 Å². The number of nitrogens with two attached hydrogens (primary N) is 1. The molecule has 14 heteroatoms. The van der Waals surface area contributed by atoms with Crippen molar-refractivity contribution in [3.05, 3.63) is 70.8 Å². The molecule has 0 aliphatic rings. The molecule has 0 unspecified atom stereocenters. The van der Waals surface area contributed by atoms with Gasteiger partial charge in [0.05, 0.1) is 11.8 Å². The van der Waals surface area contributed by atoms with E-state index in [0.717, 1.165) is 17.3 Å². The van der Waals surface area contributed by atoms with E-state index in [-0.39, 0.29) is 17.3 Å². The molecule has 0 saturated carbocycles. The molecular weight excluding hydrogens is 492 g/mol. The van der Waals surface area contributed by atoms with Crippen LogP contribution in [-0.2, 0) is 17.9 Å². The van der Waals surface area contributed by atoms with Crippen LogP contribution in [-0.4, -0.2) is 23.5 Å². The fraction of sp³-hybridized carbons (Fsp3) is 0.263. The lowest BCUT2D eigenvalue weighted by molar-refractivity contribution is -0.360. The lowest BCUT2D eigenvalue weighted by Crippen LogP contribution is -2.50. The van der Waals surface area contributed by atoms with Crippen LogP contribution < -0.4 is 5.73 Å². The maximum Gasteiger partial charge on any atom is 0.460 e. The van der Waals surface area contributed by atoms with Gasteiger partial charge >= 0.3 is 24.2 Å². The summed E-state index contributed by atoms with van der Waals surface area (Å²) in [6, 6.07) is 9.23. The highest BCUT2D eigenvalue weighted by molar-refractivity contribution is 8.13. The summed E-state index contributed by atoms with van der Waals surface area (Å²) in [4.78, 5) is 0. The van der Waals surface area contributed by atoms with Gasteiger partial charge in [-0.2, -0.15) is 49.0 Å². The first-order valence-corrected chi connectivity index (χ1v) is 9.63. The number of hydrogen-bond acceptors (Lipinski definition) is 3. The number of amidine groups is 1. The first-order valence-electron chi connectivity index (χ1n) is 8.64. The van der Waals surface area contributed by atoms with Crippen molar-refractivity contribution in [3.63, 3.8) is 0 Å². The Balaban J connectivity index is 2.35. The quantitative estimate of drug-likeness (QED) is 0.209. The zero-order chi connectivity index (χ0) is 25.1. The van der Waals surface area contributed by atoms with Gasteiger partial charge in [0, 0.05) is 11.3 Å². The van der Waals surface area contributed by atoms with Crippen molar-refractivity contribution in [2.75, 3.05) is 0 Å². The molecule has 0 amide bonds. The normalized spacial score (nSPS) is 14.2. The van der Waals surface area contributed by atoms with Crippen molar-refractivity contribution >= 4 is 23.1 Å². The Morgan fingerprint density at radius 1 is 0.848 bits per heavy atom. The van der Waals surface area contributed by atoms with Crippen molar-refractivity contribution in [1.29, 1.82) is 0 Å². The van der Waals surface area contributed by atoms with Crippen LogP contribution in [0.15, 0.2) is 58.7 Å². The summed E-state index contributed by atoms with van der Waals surface area (Å²) in [5, 5.41) is 6.71. The summed E-state index contributed by atoms with van der Waals surface area (Å²) in [5.74, 6) is -12.6. The van der Waals surface area contributed by atoms with Crippen LogP contribution in [0.2, 0.25) is 0 Å². The Morgan fingerprint density at radius 3 is 2.00 bits per heavy atom. The molecule has 0 aliphatic carbocycles. The number of thioether (sulfide) groups is 1. The summed E-state index contributed by atoms with van der Waals surface area (Å²) >= 11 is 1.01. The Hall–Kier alpha value is -2.77. The highest BCUT2D eigenvalue weighted by atomic mass is 32.2. The lowest BCUT2D eigenvalue weighted by Gasteiger charge is -2.30. The van der Waals surface area contributed by atoms with Crippen LogP contribution in [0, 0.1) is 0 Å². The summed E-state index contributed by atoms with van der Waals surface area (Å²) in [6.45, 7) is 0. The fourth-order valence-electron chi connectivity index (χ4n) is 2.41. The molecule has 2 aromatic rings. The van der Waals surface area contributed by atoms with E-state index in [2.05, 4.69) is 10.2 Å². The van der Waals surface area contributed by atoms with E-state index in [1.165, 1.54) is 0 Å². The molecule has 2 N–H and O–H groups in total. The molecule has 0 spiro atoms. The summed E-state index contributed by atoms with van der Waals surface area (Å²) < 4.78 is 131. The molecule has 0 radical (unpaired) electrons. The van der Waals surface area contributed by atoms with Gasteiger partial charge in [0.2, 0.25) is 0 Å². The zero-order valence-electron chi connectivity index (χ0n) is 16.1. The van der Waals surface area contributed by atoms with E-state index in [1.54, 1.807) is 30.3 Å². The topological polar surface area (TPSA) is 50.7 Å². The molecule has 33 heavy (non-hydrogen) atoms. The van der Waals surface area contributed by atoms with Crippen molar-refractivity contribution in [1.82, 2.24) is 0 Å². The monoisotopic (exact) mass is 505 g/mol. The molecule has 0 bridgehead atoms. The van der Waals surface area contributed by atoms with Crippen LogP contribution in [0.4, 0.5) is 43.9 Å². The van der Waals surface area contributed by atoms with Gasteiger partial charge < -0.3 is 5.73 Å². The number of benzene rings is 2. The van der Waals surface area contributed by atoms with Crippen molar-refractivity contribution in [2.24, 2.45) is 15.9 Å². The minimum atomic E-state index is -6.81. The molecule has 180 valence electrons. The molecule has 0 atom stereocenters.